The minimum Gasteiger partial charge on any atom is -0.334 e. The van der Waals surface area contributed by atoms with Crippen LogP contribution in [0.3, 0.4) is 0 Å². The van der Waals surface area contributed by atoms with Gasteiger partial charge in [-0.05, 0) is 23.3 Å². The molecule has 3 rings (SSSR count). The van der Waals surface area contributed by atoms with Crippen LogP contribution in [0.5, 0.6) is 0 Å². The van der Waals surface area contributed by atoms with E-state index in [1.807, 2.05) is 78.9 Å². The number of amides is 2. The molecule has 4 nitrogen and oxygen atoms in total. The minimum absolute atomic E-state index is 0.224. The van der Waals surface area contributed by atoms with E-state index in [1.165, 1.54) is 0 Å². The Morgan fingerprint density at radius 2 is 1.54 bits per heavy atom. The lowest BCUT2D eigenvalue weighted by atomic mass is 10.0. The van der Waals surface area contributed by atoms with Crippen molar-refractivity contribution >= 4 is 6.03 Å². The number of carbonyl (C=O) groups excluding carboxylic acids is 1. The van der Waals surface area contributed by atoms with E-state index in [0.29, 0.717) is 6.54 Å². The number of aromatic nitrogens is 1. The van der Waals surface area contributed by atoms with Crippen LogP contribution in [-0.2, 0) is 6.54 Å². The first-order valence-corrected chi connectivity index (χ1v) is 7.87. The summed E-state index contributed by atoms with van der Waals surface area (Å²) in [5.74, 6) is 0. The van der Waals surface area contributed by atoms with Crippen molar-refractivity contribution in [2.24, 2.45) is 0 Å². The Bertz CT molecular complexity index is 721. The molecule has 0 aliphatic carbocycles. The number of urea groups is 1. The molecule has 0 radical (unpaired) electrons. The molecule has 4 heteroatoms. The fourth-order valence-corrected chi connectivity index (χ4v) is 2.48. The van der Waals surface area contributed by atoms with Gasteiger partial charge in [0.05, 0.1) is 11.7 Å². The largest absolute Gasteiger partial charge is 0.334 e. The first kappa shape index (κ1) is 15.7. The lowest BCUT2D eigenvalue weighted by molar-refractivity contribution is 0.238. The highest BCUT2D eigenvalue weighted by atomic mass is 16.2. The van der Waals surface area contributed by atoms with Crippen LogP contribution in [0.2, 0.25) is 0 Å². The number of rotatable bonds is 5. The van der Waals surface area contributed by atoms with Crippen LogP contribution in [0.1, 0.15) is 22.9 Å². The Hall–Kier alpha value is -3.14. The number of carbonyl (C=O) groups is 1. The summed E-state index contributed by atoms with van der Waals surface area (Å²) in [6.45, 7) is 0.483. The second-order valence-electron chi connectivity index (χ2n) is 5.41. The molecule has 1 heterocycles. The van der Waals surface area contributed by atoms with Crippen LogP contribution in [0.25, 0.3) is 0 Å². The molecular formula is C20H19N3O. The summed E-state index contributed by atoms with van der Waals surface area (Å²) < 4.78 is 0. The standard InChI is InChI=1S/C20H19N3O/c24-20(22-15-16-9-3-1-4-10-16)23-19(17-11-5-2-6-12-17)18-13-7-8-14-21-18/h1-14,19H,15H2,(H2,22,23,24). The van der Waals surface area contributed by atoms with Gasteiger partial charge in [0, 0.05) is 12.7 Å². The van der Waals surface area contributed by atoms with Crippen LogP contribution in [0.4, 0.5) is 4.79 Å². The van der Waals surface area contributed by atoms with E-state index in [-0.39, 0.29) is 12.1 Å². The zero-order valence-corrected chi connectivity index (χ0v) is 13.2. The number of hydrogen-bond donors (Lipinski definition) is 2. The molecule has 0 bridgehead atoms. The summed E-state index contributed by atoms with van der Waals surface area (Å²) in [4.78, 5) is 16.7. The third-order valence-corrected chi connectivity index (χ3v) is 3.69. The Labute approximate surface area is 141 Å². The molecule has 0 aliphatic heterocycles. The van der Waals surface area contributed by atoms with E-state index in [0.717, 1.165) is 16.8 Å². The molecule has 1 unspecified atom stereocenters. The molecule has 1 atom stereocenters. The smallest absolute Gasteiger partial charge is 0.315 e. The van der Waals surface area contributed by atoms with Gasteiger partial charge in [-0.2, -0.15) is 0 Å². The van der Waals surface area contributed by atoms with Crippen LogP contribution in [0, 0.1) is 0 Å². The predicted octanol–water partition coefficient (Wildman–Crippen LogP) is 3.67. The van der Waals surface area contributed by atoms with Gasteiger partial charge >= 0.3 is 6.03 Å². The van der Waals surface area contributed by atoms with Gasteiger partial charge in [0.15, 0.2) is 0 Å². The van der Waals surface area contributed by atoms with E-state index in [4.69, 9.17) is 0 Å². The number of hydrogen-bond acceptors (Lipinski definition) is 2. The monoisotopic (exact) mass is 317 g/mol. The number of pyridine rings is 1. The maximum Gasteiger partial charge on any atom is 0.315 e. The van der Waals surface area contributed by atoms with E-state index in [9.17, 15) is 4.79 Å². The lowest BCUT2D eigenvalue weighted by Crippen LogP contribution is -2.38. The SMILES string of the molecule is O=C(NCc1ccccc1)NC(c1ccccc1)c1ccccn1. The first-order valence-electron chi connectivity index (χ1n) is 7.87. The Balaban J connectivity index is 1.71. The summed E-state index contributed by atoms with van der Waals surface area (Å²) >= 11 is 0. The Morgan fingerprint density at radius 1 is 0.875 bits per heavy atom. The molecule has 2 amide bonds. The van der Waals surface area contributed by atoms with Gasteiger partial charge in [0.25, 0.3) is 0 Å². The molecule has 0 aliphatic rings. The molecule has 0 spiro atoms. The third-order valence-electron chi connectivity index (χ3n) is 3.69. The highest BCUT2D eigenvalue weighted by Gasteiger charge is 2.17. The van der Waals surface area contributed by atoms with E-state index in [2.05, 4.69) is 15.6 Å². The lowest BCUT2D eigenvalue weighted by Gasteiger charge is -2.19. The number of nitrogens with zero attached hydrogens (tertiary/aromatic N) is 1. The second-order valence-corrected chi connectivity index (χ2v) is 5.41. The second kappa shape index (κ2) is 7.92. The molecule has 0 saturated carbocycles. The topological polar surface area (TPSA) is 54.0 Å². The van der Waals surface area contributed by atoms with E-state index < -0.39 is 0 Å². The Morgan fingerprint density at radius 3 is 2.21 bits per heavy atom. The van der Waals surface area contributed by atoms with Crippen LogP contribution < -0.4 is 10.6 Å². The van der Waals surface area contributed by atoms with Gasteiger partial charge in [-0.3, -0.25) is 4.98 Å². The van der Waals surface area contributed by atoms with Crippen molar-refractivity contribution in [3.63, 3.8) is 0 Å². The third kappa shape index (κ3) is 4.20. The van der Waals surface area contributed by atoms with Gasteiger partial charge in [-0.1, -0.05) is 66.7 Å². The van der Waals surface area contributed by atoms with E-state index in [1.54, 1.807) is 6.20 Å². The van der Waals surface area contributed by atoms with Gasteiger partial charge in [0.2, 0.25) is 0 Å². The van der Waals surface area contributed by atoms with Crippen LogP contribution in [0.15, 0.2) is 85.1 Å². The minimum atomic E-state index is -0.289. The van der Waals surface area contributed by atoms with Gasteiger partial charge in [-0.15, -0.1) is 0 Å². The van der Waals surface area contributed by atoms with Crippen molar-refractivity contribution in [2.75, 3.05) is 0 Å². The van der Waals surface area contributed by atoms with Crippen molar-refractivity contribution in [1.82, 2.24) is 15.6 Å². The highest BCUT2D eigenvalue weighted by Crippen LogP contribution is 2.19. The average Bonchev–Trinajstić information content (AvgIpc) is 2.67. The summed E-state index contributed by atoms with van der Waals surface area (Å²) in [5, 5.41) is 5.90. The maximum atomic E-state index is 12.3. The van der Waals surface area contributed by atoms with Crippen molar-refractivity contribution in [1.29, 1.82) is 0 Å². The van der Waals surface area contributed by atoms with Crippen molar-refractivity contribution in [3.05, 3.63) is 102 Å². The summed E-state index contributed by atoms with van der Waals surface area (Å²) in [6, 6.07) is 24.8. The molecule has 0 fully saturated rings. The highest BCUT2D eigenvalue weighted by molar-refractivity contribution is 5.75. The zero-order valence-electron chi connectivity index (χ0n) is 13.2. The van der Waals surface area contributed by atoms with Gasteiger partial charge in [-0.25, -0.2) is 4.79 Å². The first-order chi connectivity index (χ1) is 11.8. The quantitative estimate of drug-likeness (QED) is 0.754. The van der Waals surface area contributed by atoms with E-state index >= 15 is 0 Å². The predicted molar refractivity (Wildman–Crippen MR) is 94.3 cm³/mol. The summed E-state index contributed by atoms with van der Waals surface area (Å²) in [7, 11) is 0. The van der Waals surface area contributed by atoms with Crippen molar-refractivity contribution < 1.29 is 4.79 Å². The molecule has 3 aromatic rings. The fourth-order valence-electron chi connectivity index (χ4n) is 2.48. The van der Waals surface area contributed by atoms with Gasteiger partial charge in [0.1, 0.15) is 0 Å². The maximum absolute atomic E-state index is 12.3. The summed E-state index contributed by atoms with van der Waals surface area (Å²) in [6.07, 6.45) is 1.73. The average molecular weight is 317 g/mol. The summed E-state index contributed by atoms with van der Waals surface area (Å²) in [5.41, 5.74) is 2.85. The number of benzene rings is 2. The zero-order chi connectivity index (χ0) is 16.6. The van der Waals surface area contributed by atoms with Gasteiger partial charge < -0.3 is 10.6 Å². The fraction of sp³-hybridized carbons (Fsp3) is 0.100. The Kier molecular flexibility index (Phi) is 5.20. The van der Waals surface area contributed by atoms with Crippen LogP contribution >= 0.6 is 0 Å². The molecule has 120 valence electrons. The number of nitrogens with one attached hydrogen (secondary N) is 2. The molecule has 0 saturated heterocycles. The molecule has 24 heavy (non-hydrogen) atoms. The molecule has 2 aromatic carbocycles. The molecular weight excluding hydrogens is 298 g/mol. The van der Waals surface area contributed by atoms with Crippen molar-refractivity contribution in [2.45, 2.75) is 12.6 Å². The molecule has 1 aromatic heterocycles. The molecule has 2 N–H and O–H groups in total. The van der Waals surface area contributed by atoms with Crippen molar-refractivity contribution in [3.8, 4) is 0 Å². The van der Waals surface area contributed by atoms with Crippen LogP contribution in [-0.4, -0.2) is 11.0 Å². The normalized spacial score (nSPS) is 11.5.